The molecule has 0 aliphatic heterocycles. The number of rotatable bonds is 6. The van der Waals surface area contributed by atoms with Crippen LogP contribution in [0.3, 0.4) is 0 Å². The SMILES string of the molecule is CCCc1cc(-c2ccccc2)c(OC)c(-c2ccccc2)c1OC. The predicted octanol–water partition coefficient (Wildman–Crippen LogP) is 5.99. The molecule has 0 atom stereocenters. The smallest absolute Gasteiger partial charge is 0.138 e. The fourth-order valence-electron chi connectivity index (χ4n) is 3.30. The molecule has 0 aromatic heterocycles. The van der Waals surface area contributed by atoms with Gasteiger partial charge < -0.3 is 9.47 Å². The van der Waals surface area contributed by atoms with E-state index in [1.165, 1.54) is 5.56 Å². The summed E-state index contributed by atoms with van der Waals surface area (Å²) >= 11 is 0. The third-order valence-electron chi connectivity index (χ3n) is 4.38. The Hall–Kier alpha value is -2.74. The van der Waals surface area contributed by atoms with Gasteiger partial charge >= 0.3 is 0 Å². The first-order valence-electron chi connectivity index (χ1n) is 8.68. The standard InChI is InChI=1S/C23H24O2/c1-4-11-19-16-20(17-12-7-5-8-13-17)23(25-3)21(22(19)24-2)18-14-9-6-10-15-18/h5-10,12-16H,4,11H2,1-3H3. The fourth-order valence-corrected chi connectivity index (χ4v) is 3.30. The zero-order chi connectivity index (χ0) is 17.6. The van der Waals surface area contributed by atoms with Crippen molar-refractivity contribution in [2.75, 3.05) is 14.2 Å². The predicted molar refractivity (Wildman–Crippen MR) is 104 cm³/mol. The maximum atomic E-state index is 5.88. The normalized spacial score (nSPS) is 10.5. The highest BCUT2D eigenvalue weighted by Crippen LogP contribution is 2.47. The van der Waals surface area contributed by atoms with Crippen molar-refractivity contribution in [2.24, 2.45) is 0 Å². The van der Waals surface area contributed by atoms with Crippen LogP contribution >= 0.6 is 0 Å². The molecule has 0 spiro atoms. The van der Waals surface area contributed by atoms with Crippen LogP contribution in [0.2, 0.25) is 0 Å². The summed E-state index contributed by atoms with van der Waals surface area (Å²) in [6, 6.07) is 22.9. The minimum absolute atomic E-state index is 0.856. The highest BCUT2D eigenvalue weighted by Gasteiger charge is 2.21. The number of aryl methyl sites for hydroxylation is 1. The van der Waals surface area contributed by atoms with Crippen molar-refractivity contribution in [1.29, 1.82) is 0 Å². The Morgan fingerprint density at radius 1 is 0.720 bits per heavy atom. The zero-order valence-corrected chi connectivity index (χ0v) is 15.1. The van der Waals surface area contributed by atoms with Gasteiger partial charge in [0.2, 0.25) is 0 Å². The molecule has 0 heterocycles. The van der Waals surface area contributed by atoms with E-state index in [0.717, 1.165) is 46.6 Å². The molecule has 2 heteroatoms. The lowest BCUT2D eigenvalue weighted by Gasteiger charge is -2.21. The van der Waals surface area contributed by atoms with Gasteiger partial charge in [-0.05, 0) is 29.2 Å². The third-order valence-corrected chi connectivity index (χ3v) is 4.38. The molecule has 0 aliphatic carbocycles. The van der Waals surface area contributed by atoms with Crippen LogP contribution in [0.15, 0.2) is 66.7 Å². The first kappa shape index (κ1) is 17.1. The van der Waals surface area contributed by atoms with Gasteiger partial charge in [0.15, 0.2) is 0 Å². The lowest BCUT2D eigenvalue weighted by atomic mass is 9.91. The van der Waals surface area contributed by atoms with Gasteiger partial charge in [0.05, 0.1) is 19.8 Å². The van der Waals surface area contributed by atoms with E-state index in [9.17, 15) is 0 Å². The van der Waals surface area contributed by atoms with Crippen LogP contribution in [0.5, 0.6) is 11.5 Å². The van der Waals surface area contributed by atoms with Crippen LogP contribution in [-0.2, 0) is 6.42 Å². The largest absolute Gasteiger partial charge is 0.496 e. The van der Waals surface area contributed by atoms with Gasteiger partial charge in [-0.25, -0.2) is 0 Å². The van der Waals surface area contributed by atoms with Gasteiger partial charge in [0.1, 0.15) is 11.5 Å². The monoisotopic (exact) mass is 332 g/mol. The van der Waals surface area contributed by atoms with Crippen molar-refractivity contribution < 1.29 is 9.47 Å². The number of ether oxygens (including phenoxy) is 2. The average Bonchev–Trinajstić information content (AvgIpc) is 2.68. The molecule has 0 unspecified atom stereocenters. The Balaban J connectivity index is 2.35. The van der Waals surface area contributed by atoms with Gasteiger partial charge in [-0.2, -0.15) is 0 Å². The van der Waals surface area contributed by atoms with Crippen molar-refractivity contribution in [1.82, 2.24) is 0 Å². The topological polar surface area (TPSA) is 18.5 Å². The van der Waals surface area contributed by atoms with E-state index in [2.05, 4.69) is 49.4 Å². The van der Waals surface area contributed by atoms with Crippen LogP contribution in [0.25, 0.3) is 22.3 Å². The highest BCUT2D eigenvalue weighted by molar-refractivity contribution is 5.88. The maximum Gasteiger partial charge on any atom is 0.138 e. The Labute approximate surface area is 150 Å². The Morgan fingerprint density at radius 3 is 1.80 bits per heavy atom. The summed E-state index contributed by atoms with van der Waals surface area (Å²) in [5.74, 6) is 1.76. The first-order valence-corrected chi connectivity index (χ1v) is 8.68. The Morgan fingerprint density at radius 2 is 1.28 bits per heavy atom. The molecule has 0 fully saturated rings. The second kappa shape index (κ2) is 7.89. The van der Waals surface area contributed by atoms with Crippen LogP contribution in [0, 0.1) is 0 Å². The average molecular weight is 332 g/mol. The van der Waals surface area contributed by atoms with Crippen molar-refractivity contribution >= 4 is 0 Å². The van der Waals surface area contributed by atoms with Gasteiger partial charge in [-0.3, -0.25) is 0 Å². The Bertz CT molecular complexity index is 824. The van der Waals surface area contributed by atoms with E-state index in [0.29, 0.717) is 0 Å². The van der Waals surface area contributed by atoms with Crippen LogP contribution < -0.4 is 9.47 Å². The first-order chi connectivity index (χ1) is 12.3. The number of hydrogen-bond acceptors (Lipinski definition) is 2. The van der Waals surface area contributed by atoms with E-state index in [1.807, 2.05) is 24.3 Å². The van der Waals surface area contributed by atoms with Crippen molar-refractivity contribution in [2.45, 2.75) is 19.8 Å². The van der Waals surface area contributed by atoms with Crippen LogP contribution in [0.1, 0.15) is 18.9 Å². The second-order valence-electron chi connectivity index (χ2n) is 6.01. The van der Waals surface area contributed by atoms with Crippen molar-refractivity contribution in [3.8, 4) is 33.8 Å². The summed E-state index contributed by atoms with van der Waals surface area (Å²) in [5.41, 5.74) is 5.59. The molecule has 0 amide bonds. The van der Waals surface area contributed by atoms with E-state index in [-0.39, 0.29) is 0 Å². The highest BCUT2D eigenvalue weighted by atomic mass is 16.5. The molecule has 0 radical (unpaired) electrons. The van der Waals surface area contributed by atoms with E-state index < -0.39 is 0 Å². The summed E-state index contributed by atoms with van der Waals surface area (Å²) < 4.78 is 11.7. The number of benzene rings is 3. The molecule has 3 rings (SSSR count). The molecule has 0 saturated heterocycles. The fraction of sp³-hybridized carbons (Fsp3) is 0.217. The molecule has 0 N–H and O–H groups in total. The lowest BCUT2D eigenvalue weighted by Crippen LogP contribution is -2.00. The molecule has 3 aromatic rings. The molecule has 128 valence electrons. The summed E-state index contributed by atoms with van der Waals surface area (Å²) in [5, 5.41) is 0. The number of hydrogen-bond donors (Lipinski definition) is 0. The molecular weight excluding hydrogens is 308 g/mol. The van der Waals surface area contributed by atoms with Crippen molar-refractivity contribution in [3.05, 3.63) is 72.3 Å². The lowest BCUT2D eigenvalue weighted by molar-refractivity contribution is 0.395. The molecular formula is C23H24O2. The molecule has 0 bridgehead atoms. The van der Waals surface area contributed by atoms with E-state index in [4.69, 9.17) is 9.47 Å². The molecule has 25 heavy (non-hydrogen) atoms. The van der Waals surface area contributed by atoms with E-state index in [1.54, 1.807) is 14.2 Å². The minimum atomic E-state index is 0.856. The quantitative estimate of drug-likeness (QED) is 0.552. The molecule has 2 nitrogen and oxygen atoms in total. The van der Waals surface area contributed by atoms with Gasteiger partial charge in [0, 0.05) is 5.56 Å². The van der Waals surface area contributed by atoms with E-state index >= 15 is 0 Å². The maximum absolute atomic E-state index is 5.88. The summed E-state index contributed by atoms with van der Waals surface area (Å²) in [6.07, 6.45) is 2.03. The Kier molecular flexibility index (Phi) is 5.39. The summed E-state index contributed by atoms with van der Waals surface area (Å²) in [7, 11) is 3.47. The van der Waals surface area contributed by atoms with Crippen molar-refractivity contribution in [3.63, 3.8) is 0 Å². The minimum Gasteiger partial charge on any atom is -0.496 e. The molecule has 0 aliphatic rings. The second-order valence-corrected chi connectivity index (χ2v) is 6.01. The van der Waals surface area contributed by atoms with Gasteiger partial charge in [-0.1, -0.05) is 74.0 Å². The zero-order valence-electron chi connectivity index (χ0n) is 15.1. The van der Waals surface area contributed by atoms with Gasteiger partial charge in [-0.15, -0.1) is 0 Å². The number of methoxy groups -OCH3 is 2. The third kappa shape index (κ3) is 3.39. The van der Waals surface area contributed by atoms with Crippen LogP contribution in [-0.4, -0.2) is 14.2 Å². The molecule has 3 aromatic carbocycles. The van der Waals surface area contributed by atoms with Crippen LogP contribution in [0.4, 0.5) is 0 Å². The van der Waals surface area contributed by atoms with Gasteiger partial charge in [0.25, 0.3) is 0 Å². The summed E-state index contributed by atoms with van der Waals surface area (Å²) in [6.45, 7) is 2.19. The summed E-state index contributed by atoms with van der Waals surface area (Å²) in [4.78, 5) is 0. The molecule has 0 saturated carbocycles.